The molecule has 0 atom stereocenters. The molecule has 2 nitrogen and oxygen atoms in total. The summed E-state index contributed by atoms with van der Waals surface area (Å²) in [6, 6.07) is 4.58. The number of hydrogen-bond acceptors (Lipinski definition) is 2. The third-order valence-electron chi connectivity index (χ3n) is 4.15. The standard InChI is InChI=1S/C14H18FNO/c15-12-7-10(1-4-13(12)17)8-16-9-14(5-6-14)11-2-3-11/h1,4,7,11,16-17H,2-3,5-6,8-9H2. The summed E-state index contributed by atoms with van der Waals surface area (Å²) in [5, 5.41) is 12.5. The highest BCUT2D eigenvalue weighted by atomic mass is 19.1. The molecule has 2 N–H and O–H groups in total. The lowest BCUT2D eigenvalue weighted by Gasteiger charge is -2.15. The van der Waals surface area contributed by atoms with E-state index in [1.807, 2.05) is 0 Å². The van der Waals surface area contributed by atoms with Crippen LogP contribution in [0.4, 0.5) is 4.39 Å². The first-order valence-corrected chi connectivity index (χ1v) is 6.38. The Morgan fingerprint density at radius 2 is 2.12 bits per heavy atom. The number of phenolic OH excluding ortho intramolecular Hbond substituents is 1. The van der Waals surface area contributed by atoms with Crippen LogP contribution < -0.4 is 5.32 Å². The van der Waals surface area contributed by atoms with Gasteiger partial charge in [0.05, 0.1) is 0 Å². The summed E-state index contributed by atoms with van der Waals surface area (Å²) in [7, 11) is 0. The third-order valence-corrected chi connectivity index (χ3v) is 4.15. The number of halogens is 1. The van der Waals surface area contributed by atoms with Gasteiger partial charge in [-0.1, -0.05) is 6.07 Å². The fourth-order valence-electron chi connectivity index (χ4n) is 2.70. The summed E-state index contributed by atoms with van der Waals surface area (Å²) in [6.07, 6.45) is 5.51. The number of hydrogen-bond donors (Lipinski definition) is 2. The van der Waals surface area contributed by atoms with Crippen LogP contribution in [-0.2, 0) is 6.54 Å². The van der Waals surface area contributed by atoms with Gasteiger partial charge in [0.25, 0.3) is 0 Å². The quantitative estimate of drug-likeness (QED) is 0.822. The molecule has 2 saturated carbocycles. The van der Waals surface area contributed by atoms with E-state index in [2.05, 4.69) is 5.32 Å². The highest BCUT2D eigenvalue weighted by molar-refractivity contribution is 5.27. The summed E-state index contributed by atoms with van der Waals surface area (Å²) >= 11 is 0. The predicted molar refractivity (Wildman–Crippen MR) is 64.2 cm³/mol. The Kier molecular flexibility index (Phi) is 2.58. The summed E-state index contributed by atoms with van der Waals surface area (Å²) in [4.78, 5) is 0. The van der Waals surface area contributed by atoms with Crippen LogP contribution in [0.15, 0.2) is 18.2 Å². The first-order valence-electron chi connectivity index (χ1n) is 6.38. The molecule has 1 aromatic carbocycles. The van der Waals surface area contributed by atoms with Gasteiger partial charge in [-0.05, 0) is 54.7 Å². The maximum absolute atomic E-state index is 13.1. The topological polar surface area (TPSA) is 32.3 Å². The second-order valence-electron chi connectivity index (χ2n) is 5.53. The minimum Gasteiger partial charge on any atom is -0.505 e. The van der Waals surface area contributed by atoms with Crippen LogP contribution >= 0.6 is 0 Å². The minimum absolute atomic E-state index is 0.273. The number of rotatable bonds is 5. The van der Waals surface area contributed by atoms with E-state index >= 15 is 0 Å². The van der Waals surface area contributed by atoms with Gasteiger partial charge >= 0.3 is 0 Å². The molecule has 0 saturated heterocycles. The maximum atomic E-state index is 13.1. The zero-order chi connectivity index (χ0) is 11.9. The predicted octanol–water partition coefficient (Wildman–Crippen LogP) is 2.81. The van der Waals surface area contributed by atoms with Crippen molar-refractivity contribution in [2.75, 3.05) is 6.54 Å². The van der Waals surface area contributed by atoms with E-state index in [4.69, 9.17) is 5.11 Å². The Morgan fingerprint density at radius 1 is 1.35 bits per heavy atom. The van der Waals surface area contributed by atoms with Crippen molar-refractivity contribution in [1.82, 2.24) is 5.32 Å². The van der Waals surface area contributed by atoms with E-state index < -0.39 is 5.82 Å². The molecule has 3 rings (SSSR count). The number of phenols is 1. The molecule has 92 valence electrons. The second kappa shape index (κ2) is 3.98. The van der Waals surface area contributed by atoms with Crippen molar-refractivity contribution in [1.29, 1.82) is 0 Å². The molecular formula is C14H18FNO. The van der Waals surface area contributed by atoms with Crippen LogP contribution in [-0.4, -0.2) is 11.7 Å². The Bertz CT molecular complexity index is 424. The lowest BCUT2D eigenvalue weighted by atomic mass is 10.0. The monoisotopic (exact) mass is 235 g/mol. The van der Waals surface area contributed by atoms with Gasteiger partial charge in [-0.15, -0.1) is 0 Å². The summed E-state index contributed by atoms with van der Waals surface area (Å²) in [6.45, 7) is 1.74. The van der Waals surface area contributed by atoms with Crippen molar-refractivity contribution >= 4 is 0 Å². The molecule has 3 heteroatoms. The fraction of sp³-hybridized carbons (Fsp3) is 0.571. The average Bonchev–Trinajstić information content (AvgIpc) is 3.14. The maximum Gasteiger partial charge on any atom is 0.165 e. The molecule has 0 radical (unpaired) electrons. The molecule has 17 heavy (non-hydrogen) atoms. The summed E-state index contributed by atoms with van der Waals surface area (Å²) in [5.41, 5.74) is 1.47. The van der Waals surface area contributed by atoms with Gasteiger partial charge in [0.1, 0.15) is 0 Å². The van der Waals surface area contributed by atoms with E-state index in [0.717, 1.165) is 18.0 Å². The molecule has 0 unspecified atom stereocenters. The largest absolute Gasteiger partial charge is 0.505 e. The third kappa shape index (κ3) is 2.29. The van der Waals surface area contributed by atoms with E-state index in [0.29, 0.717) is 12.0 Å². The highest BCUT2D eigenvalue weighted by Crippen LogP contribution is 2.60. The molecule has 0 aliphatic heterocycles. The smallest absolute Gasteiger partial charge is 0.165 e. The van der Waals surface area contributed by atoms with Crippen molar-refractivity contribution in [3.05, 3.63) is 29.6 Å². The second-order valence-corrected chi connectivity index (χ2v) is 5.53. The lowest BCUT2D eigenvalue weighted by molar-refractivity contribution is 0.402. The van der Waals surface area contributed by atoms with Crippen LogP contribution in [0.3, 0.4) is 0 Å². The van der Waals surface area contributed by atoms with E-state index in [1.165, 1.54) is 37.8 Å². The molecule has 1 aromatic rings. The van der Waals surface area contributed by atoms with Gasteiger partial charge in [-0.2, -0.15) is 0 Å². The van der Waals surface area contributed by atoms with Crippen LogP contribution in [0.1, 0.15) is 31.2 Å². The van der Waals surface area contributed by atoms with Crippen molar-refractivity contribution in [3.8, 4) is 5.75 Å². The number of nitrogens with one attached hydrogen (secondary N) is 1. The summed E-state index contributed by atoms with van der Waals surface area (Å²) < 4.78 is 13.1. The van der Waals surface area contributed by atoms with Gasteiger partial charge in [-0.3, -0.25) is 0 Å². The van der Waals surface area contributed by atoms with Crippen molar-refractivity contribution in [3.63, 3.8) is 0 Å². The Morgan fingerprint density at radius 3 is 2.71 bits per heavy atom. The van der Waals surface area contributed by atoms with Crippen LogP contribution in [0.5, 0.6) is 5.75 Å². The Labute approximate surface area is 101 Å². The van der Waals surface area contributed by atoms with Gasteiger partial charge in [-0.25, -0.2) is 4.39 Å². The van der Waals surface area contributed by atoms with Gasteiger partial charge in [0, 0.05) is 13.1 Å². The lowest BCUT2D eigenvalue weighted by Crippen LogP contribution is -2.25. The molecule has 0 amide bonds. The summed E-state index contributed by atoms with van der Waals surface area (Å²) in [5.74, 6) is 0.143. The molecule has 0 heterocycles. The first-order chi connectivity index (χ1) is 8.20. The number of benzene rings is 1. The van der Waals surface area contributed by atoms with Crippen LogP contribution in [0.25, 0.3) is 0 Å². The number of aromatic hydroxyl groups is 1. The Hall–Kier alpha value is -1.09. The van der Waals surface area contributed by atoms with Gasteiger partial charge in [0.2, 0.25) is 0 Å². The fourth-order valence-corrected chi connectivity index (χ4v) is 2.70. The van der Waals surface area contributed by atoms with E-state index in [9.17, 15) is 4.39 Å². The molecule has 0 bridgehead atoms. The Balaban J connectivity index is 1.52. The molecule has 2 fully saturated rings. The molecule has 0 spiro atoms. The van der Waals surface area contributed by atoms with Crippen LogP contribution in [0.2, 0.25) is 0 Å². The van der Waals surface area contributed by atoms with Crippen molar-refractivity contribution < 1.29 is 9.50 Å². The molecular weight excluding hydrogens is 217 g/mol. The molecule has 2 aliphatic carbocycles. The molecule has 0 aromatic heterocycles. The van der Waals surface area contributed by atoms with Crippen molar-refractivity contribution in [2.45, 2.75) is 32.2 Å². The molecule has 2 aliphatic rings. The van der Waals surface area contributed by atoms with E-state index in [1.54, 1.807) is 6.07 Å². The normalized spacial score (nSPS) is 21.5. The average molecular weight is 235 g/mol. The van der Waals surface area contributed by atoms with Crippen LogP contribution in [0, 0.1) is 17.2 Å². The van der Waals surface area contributed by atoms with E-state index in [-0.39, 0.29) is 5.75 Å². The first kappa shape index (κ1) is 11.0. The minimum atomic E-state index is -0.535. The SMILES string of the molecule is Oc1ccc(CNCC2(C3CC3)CC2)cc1F. The van der Waals surface area contributed by atoms with Crippen molar-refractivity contribution in [2.24, 2.45) is 11.3 Å². The zero-order valence-electron chi connectivity index (χ0n) is 9.88. The van der Waals surface area contributed by atoms with Gasteiger partial charge in [0.15, 0.2) is 11.6 Å². The zero-order valence-corrected chi connectivity index (χ0v) is 9.88. The van der Waals surface area contributed by atoms with Gasteiger partial charge < -0.3 is 10.4 Å². The highest BCUT2D eigenvalue weighted by Gasteiger charge is 2.53.